The second-order valence-corrected chi connectivity index (χ2v) is 29.5. The van der Waals surface area contributed by atoms with Gasteiger partial charge in [-0.1, -0.05) is 262 Å². The van der Waals surface area contributed by atoms with E-state index in [0.29, 0.717) is 133 Å². The third-order valence-electron chi connectivity index (χ3n) is 19.7. The quantitative estimate of drug-likeness (QED) is 0.00604. The number of halogens is 2. The van der Waals surface area contributed by atoms with Gasteiger partial charge in [-0.05, 0) is 83.4 Å². The number of rotatable bonds is 53. The van der Waals surface area contributed by atoms with Gasteiger partial charge in [-0.3, -0.25) is 25.1 Å². The van der Waals surface area contributed by atoms with Gasteiger partial charge in [0.2, 0.25) is 11.5 Å². The summed E-state index contributed by atoms with van der Waals surface area (Å²) in [6.07, 6.45) is 38.7. The molecule has 556 valence electrons. The molecular formula is C85H116Br2N4O11. The number of benzene rings is 7. The number of aromatic carboxylic acids is 1. The number of hydrogen-bond acceptors (Lipinski definition) is 11. The Morgan fingerprint density at radius 2 is 0.735 bits per heavy atom. The van der Waals surface area contributed by atoms with Crippen molar-refractivity contribution in [3.63, 3.8) is 0 Å². The van der Waals surface area contributed by atoms with E-state index in [0.717, 1.165) is 173 Å². The number of carbonyl (C=O) groups is 4. The van der Waals surface area contributed by atoms with Crippen molar-refractivity contribution in [3.8, 4) is 34.5 Å². The molecule has 8 rings (SSSR count). The SMILES string of the molecule is CCCCCCCCOc1cc(NC(=N)c2c(C(=O)O)c(Br)c3c4ccc5c6c(cc(Br)c(c7ccc(C(=O)Nc8cc(OCCCCCCCC)c(OCCCCCCCC)c(OCCCCCCCC)c8)c2c73)c64)C(=O)NC5=O)cc(OCCCCCCCC)c1OCCCCCCCC. The third kappa shape index (κ3) is 22.1. The van der Waals surface area contributed by atoms with Crippen LogP contribution in [0.25, 0.3) is 43.1 Å². The summed E-state index contributed by atoms with van der Waals surface area (Å²) < 4.78 is 41.0. The molecule has 15 nitrogen and oxygen atoms in total. The minimum atomic E-state index is -1.37. The van der Waals surface area contributed by atoms with Gasteiger partial charge >= 0.3 is 5.97 Å². The number of carbonyl (C=O) groups excluding carboxylic acids is 3. The average molecular weight is 1530 g/mol. The van der Waals surface area contributed by atoms with Crippen molar-refractivity contribution in [2.24, 2.45) is 0 Å². The minimum absolute atomic E-state index is 0.0723. The maximum Gasteiger partial charge on any atom is 0.337 e. The van der Waals surface area contributed by atoms with Gasteiger partial charge in [0.1, 0.15) is 5.84 Å². The summed E-state index contributed by atoms with van der Waals surface area (Å²) in [4.78, 5) is 58.0. The first-order chi connectivity index (χ1) is 49.8. The molecule has 1 aliphatic rings. The summed E-state index contributed by atoms with van der Waals surface area (Å²) in [7, 11) is 0. The van der Waals surface area contributed by atoms with Crippen molar-refractivity contribution in [1.29, 1.82) is 5.41 Å². The second kappa shape index (κ2) is 43.4. The Morgan fingerprint density at radius 1 is 0.392 bits per heavy atom. The van der Waals surface area contributed by atoms with E-state index >= 15 is 4.79 Å². The molecule has 0 radical (unpaired) electrons. The predicted molar refractivity (Wildman–Crippen MR) is 426 cm³/mol. The van der Waals surface area contributed by atoms with Crippen molar-refractivity contribution in [2.75, 3.05) is 50.3 Å². The average Bonchev–Trinajstić information content (AvgIpc) is 0.685. The molecule has 0 fully saturated rings. The fourth-order valence-electron chi connectivity index (χ4n) is 14.1. The number of ether oxygens (including phenoxy) is 6. The van der Waals surface area contributed by atoms with Crippen LogP contribution < -0.4 is 44.4 Å². The smallest absolute Gasteiger partial charge is 0.337 e. The molecule has 7 aromatic carbocycles. The van der Waals surface area contributed by atoms with Crippen LogP contribution in [0.2, 0.25) is 0 Å². The van der Waals surface area contributed by atoms with E-state index in [2.05, 4.69) is 89.4 Å². The molecule has 7 aromatic rings. The fourth-order valence-corrected chi connectivity index (χ4v) is 15.5. The Bertz CT molecular complexity index is 3790. The highest BCUT2D eigenvalue weighted by Gasteiger charge is 2.34. The van der Waals surface area contributed by atoms with Crippen LogP contribution in [0.4, 0.5) is 11.4 Å². The summed E-state index contributed by atoms with van der Waals surface area (Å²) in [6.45, 7) is 15.9. The Morgan fingerprint density at radius 3 is 1.14 bits per heavy atom. The zero-order chi connectivity index (χ0) is 72.6. The normalized spacial score (nSPS) is 12.1. The van der Waals surface area contributed by atoms with E-state index in [1.54, 1.807) is 48.5 Å². The number of carboxylic acids is 1. The Labute approximate surface area is 624 Å². The maximum absolute atomic E-state index is 16.1. The number of carboxylic acid groups (broad SMARTS) is 1. The Balaban J connectivity index is 1.30. The van der Waals surface area contributed by atoms with Crippen LogP contribution in [-0.4, -0.2) is 74.3 Å². The topological polar surface area (TPSA) is 204 Å². The number of amides is 3. The van der Waals surface area contributed by atoms with Gasteiger partial charge in [-0.15, -0.1) is 0 Å². The molecule has 1 aliphatic heterocycles. The minimum Gasteiger partial charge on any atom is -0.489 e. The standard InChI is InChI=1S/C85H116Br2N4O11/c1-7-13-19-25-31-37-47-97-66-53-58(54-67(98-48-38-32-26-20-14-8-2)79(66)101-51-41-35-29-23-17-11-5)89-81(88)76-74-63(46-43-60-71-65(86)57-64-70-62(83(93)91-84(64)94)45-44-61(72(70)71)75(73(60)74)78(87)77(76)85(95)96)82(92)90-59-55-68(99-49-39-33-27-21-15-9-3)80(102-52-42-36-30-24-18-12-6)69(56-59)100-50-40-34-28-22-16-10-4/h43-46,53-57H,7-42,47-52H2,1-6H3,(H2,88,89)(H,90,92)(H,95,96)(H,91,93,94). The number of imide groups is 1. The van der Waals surface area contributed by atoms with Crippen LogP contribution in [0.5, 0.6) is 34.5 Å². The molecule has 0 spiro atoms. The molecule has 0 bridgehead atoms. The van der Waals surface area contributed by atoms with Gasteiger partial charge in [0.05, 0.1) is 45.2 Å². The lowest BCUT2D eigenvalue weighted by Crippen LogP contribution is -2.34. The van der Waals surface area contributed by atoms with Crippen molar-refractivity contribution < 1.29 is 52.7 Å². The number of amidine groups is 1. The molecule has 5 N–H and O–H groups in total. The first-order valence-electron chi connectivity index (χ1n) is 39.3. The van der Waals surface area contributed by atoms with Crippen LogP contribution >= 0.6 is 31.9 Å². The van der Waals surface area contributed by atoms with Gasteiger partial charge in [0.25, 0.3) is 17.7 Å². The van der Waals surface area contributed by atoms with Crippen LogP contribution in [0, 0.1) is 5.41 Å². The Kier molecular flexibility index (Phi) is 34.4. The number of unbranched alkanes of at least 4 members (excludes halogenated alkanes) is 30. The van der Waals surface area contributed by atoms with Crippen LogP contribution in [0.1, 0.15) is 320 Å². The summed E-state index contributed by atoms with van der Waals surface area (Å²) >= 11 is 7.71. The molecule has 0 saturated heterocycles. The van der Waals surface area contributed by atoms with Crippen molar-refractivity contribution >= 4 is 116 Å². The molecule has 1 heterocycles. The second-order valence-electron chi connectivity index (χ2n) is 27.9. The number of fused-ring (bicyclic) bond motifs is 2. The van der Waals surface area contributed by atoms with E-state index in [1.165, 1.54) is 57.8 Å². The third-order valence-corrected chi connectivity index (χ3v) is 21.1. The zero-order valence-corrected chi connectivity index (χ0v) is 65.4. The largest absolute Gasteiger partial charge is 0.489 e. The fraction of sp³-hybridized carbons (Fsp3) is 0.565. The molecular weight excluding hydrogens is 1410 g/mol. The summed E-state index contributed by atoms with van der Waals surface area (Å²) in [5, 5.41) is 35.1. The van der Waals surface area contributed by atoms with E-state index in [-0.39, 0.29) is 37.9 Å². The van der Waals surface area contributed by atoms with E-state index in [9.17, 15) is 24.9 Å². The highest BCUT2D eigenvalue weighted by molar-refractivity contribution is 9.11. The van der Waals surface area contributed by atoms with Gasteiger partial charge in [0, 0.05) is 99.2 Å². The Hall–Kier alpha value is -6.85. The lowest BCUT2D eigenvalue weighted by Gasteiger charge is -2.25. The van der Waals surface area contributed by atoms with Gasteiger partial charge < -0.3 is 44.2 Å². The molecule has 0 atom stereocenters. The van der Waals surface area contributed by atoms with Gasteiger partial charge in [-0.2, -0.15) is 0 Å². The first kappa shape index (κ1) is 80.8. The number of hydrogen-bond donors (Lipinski definition) is 5. The molecule has 3 amide bonds. The highest BCUT2D eigenvalue weighted by atomic mass is 79.9. The van der Waals surface area contributed by atoms with E-state index in [4.69, 9.17) is 28.4 Å². The highest BCUT2D eigenvalue weighted by Crippen LogP contribution is 2.51. The van der Waals surface area contributed by atoms with E-state index in [1.807, 2.05) is 6.07 Å². The number of anilines is 2. The summed E-state index contributed by atoms with van der Waals surface area (Å²) in [5.74, 6) is -0.639. The molecule has 102 heavy (non-hydrogen) atoms. The van der Waals surface area contributed by atoms with Crippen LogP contribution in [-0.2, 0) is 0 Å². The number of nitrogens with one attached hydrogen (secondary N) is 4. The van der Waals surface area contributed by atoms with E-state index < -0.39 is 23.7 Å². The van der Waals surface area contributed by atoms with Gasteiger partial charge in [0.15, 0.2) is 23.0 Å². The predicted octanol–water partition coefficient (Wildman–Crippen LogP) is 25.0. The maximum atomic E-state index is 16.1. The summed E-state index contributed by atoms with van der Waals surface area (Å²) in [6, 6.07) is 15.8. The monoisotopic (exact) mass is 1530 g/mol. The lowest BCUT2D eigenvalue weighted by atomic mass is 9.82. The van der Waals surface area contributed by atoms with Crippen LogP contribution in [0.3, 0.4) is 0 Å². The lowest BCUT2D eigenvalue weighted by molar-refractivity contribution is 0.0694. The zero-order valence-electron chi connectivity index (χ0n) is 62.2. The molecule has 17 heteroatoms. The van der Waals surface area contributed by atoms with Crippen LogP contribution in [0.15, 0.2) is 63.5 Å². The molecule has 0 saturated carbocycles. The van der Waals surface area contributed by atoms with Crippen molar-refractivity contribution in [1.82, 2.24) is 5.32 Å². The van der Waals surface area contributed by atoms with Crippen molar-refractivity contribution in [3.05, 3.63) is 91.4 Å². The molecule has 0 aliphatic carbocycles. The van der Waals surface area contributed by atoms with Gasteiger partial charge in [-0.25, -0.2) is 4.79 Å². The molecule has 0 unspecified atom stereocenters. The first-order valence-corrected chi connectivity index (χ1v) is 40.9. The molecule has 0 aromatic heterocycles. The van der Waals surface area contributed by atoms with Crippen molar-refractivity contribution in [2.45, 2.75) is 273 Å². The summed E-state index contributed by atoms with van der Waals surface area (Å²) in [5.41, 5.74) is 1.03.